The number of hydrogen-bond donors (Lipinski definition) is 2. The Morgan fingerprint density at radius 1 is 1.41 bits per heavy atom. The third-order valence-electron chi connectivity index (χ3n) is 5.67. The molecule has 27 heavy (non-hydrogen) atoms. The molecule has 8 heteroatoms. The van der Waals surface area contributed by atoms with Gasteiger partial charge in [0.2, 0.25) is 0 Å². The molecule has 0 aromatic heterocycles. The van der Waals surface area contributed by atoms with Gasteiger partial charge in [-0.2, -0.15) is 0 Å². The molecule has 5 unspecified atom stereocenters. The summed E-state index contributed by atoms with van der Waals surface area (Å²) in [6.07, 6.45) is 4.35. The number of carbonyl (C=O) groups excluding carboxylic acids is 1. The van der Waals surface area contributed by atoms with Gasteiger partial charge in [0.1, 0.15) is 6.23 Å². The summed E-state index contributed by atoms with van der Waals surface area (Å²) in [7, 11) is 0. The van der Waals surface area contributed by atoms with Gasteiger partial charge in [-0.15, -0.1) is 11.8 Å². The van der Waals surface area contributed by atoms with Gasteiger partial charge in [-0.05, 0) is 37.8 Å². The molecule has 2 amide bonds. The van der Waals surface area contributed by atoms with Crippen LogP contribution in [0.1, 0.15) is 25.7 Å². The number of rotatable bonds is 4. The monoisotopic (exact) mass is 408 g/mol. The van der Waals surface area contributed by atoms with Crippen LogP contribution in [-0.2, 0) is 4.74 Å². The van der Waals surface area contributed by atoms with Crippen molar-refractivity contribution < 1.29 is 9.53 Å². The van der Waals surface area contributed by atoms with E-state index in [2.05, 4.69) is 10.3 Å². The van der Waals surface area contributed by atoms with Crippen molar-refractivity contribution in [2.75, 3.05) is 18.0 Å². The van der Waals surface area contributed by atoms with Crippen LogP contribution in [-0.4, -0.2) is 48.3 Å². The van der Waals surface area contributed by atoms with Gasteiger partial charge < -0.3 is 10.5 Å². The molecule has 146 valence electrons. The number of nitrogens with two attached hydrogens (primary N) is 1. The Bertz CT molecular complexity index is 711. The van der Waals surface area contributed by atoms with Crippen LogP contribution < -0.4 is 16.0 Å². The van der Waals surface area contributed by atoms with E-state index in [4.69, 9.17) is 22.1 Å². The van der Waals surface area contributed by atoms with Crippen LogP contribution in [0.4, 0.5) is 10.5 Å². The summed E-state index contributed by atoms with van der Waals surface area (Å²) in [5, 5.41) is 4.61. The number of carbonyl (C=O) groups is 1. The first kappa shape index (κ1) is 19.1. The number of anilines is 1. The average molecular weight is 409 g/mol. The first-order valence-corrected chi connectivity index (χ1v) is 10.8. The molecule has 6 nitrogen and oxygen atoms in total. The Labute approximate surface area is 168 Å². The van der Waals surface area contributed by atoms with Gasteiger partial charge in [0.15, 0.2) is 0 Å². The van der Waals surface area contributed by atoms with Gasteiger partial charge in [0, 0.05) is 17.2 Å². The molecule has 0 radical (unpaired) electrons. The molecule has 2 aliphatic heterocycles. The number of benzene rings is 1. The summed E-state index contributed by atoms with van der Waals surface area (Å²) in [6.45, 7) is 1.21. The molecule has 2 fully saturated rings. The van der Waals surface area contributed by atoms with E-state index in [-0.39, 0.29) is 12.3 Å². The SMILES string of the molecule is NC(=O)N(CC1NC2CCCC(O1)C(C1CN=CS1)C2)c1ccccc1Cl. The molecule has 5 atom stereocenters. The minimum absolute atomic E-state index is 0.176. The topological polar surface area (TPSA) is 80.0 Å². The lowest BCUT2D eigenvalue weighted by atomic mass is 9.92. The fourth-order valence-corrected chi connectivity index (χ4v) is 5.62. The van der Waals surface area contributed by atoms with Gasteiger partial charge >= 0.3 is 6.03 Å². The van der Waals surface area contributed by atoms with Crippen LogP contribution in [0.3, 0.4) is 0 Å². The summed E-state index contributed by atoms with van der Waals surface area (Å²) >= 11 is 8.12. The number of nitrogens with one attached hydrogen (secondary N) is 1. The Morgan fingerprint density at radius 2 is 2.26 bits per heavy atom. The number of thioether (sulfide) groups is 1. The molecule has 1 saturated heterocycles. The van der Waals surface area contributed by atoms with E-state index in [0.717, 1.165) is 32.2 Å². The summed E-state index contributed by atoms with van der Waals surface area (Å²) in [5.74, 6) is 0.477. The summed E-state index contributed by atoms with van der Waals surface area (Å²) < 4.78 is 6.48. The number of ether oxygens (including phenoxy) is 1. The van der Waals surface area contributed by atoms with Crippen molar-refractivity contribution in [3.05, 3.63) is 29.3 Å². The summed E-state index contributed by atoms with van der Waals surface area (Å²) in [6, 6.07) is 7.10. The highest BCUT2D eigenvalue weighted by atomic mass is 35.5. The van der Waals surface area contributed by atoms with Gasteiger partial charge in [0.05, 0.1) is 35.5 Å². The summed E-state index contributed by atoms with van der Waals surface area (Å²) in [4.78, 5) is 18.0. The Balaban J connectivity index is 1.52. The highest BCUT2D eigenvalue weighted by molar-refractivity contribution is 8.12. The van der Waals surface area contributed by atoms with E-state index in [9.17, 15) is 4.79 Å². The van der Waals surface area contributed by atoms with Crippen molar-refractivity contribution >= 4 is 40.6 Å². The normalized spacial score (nSPS) is 32.9. The predicted molar refractivity (Wildman–Crippen MR) is 111 cm³/mol. The molecular weight excluding hydrogens is 384 g/mol. The van der Waals surface area contributed by atoms with Crippen LogP contribution in [0.15, 0.2) is 29.3 Å². The maximum Gasteiger partial charge on any atom is 0.319 e. The van der Waals surface area contributed by atoms with Crippen molar-refractivity contribution in [2.24, 2.45) is 16.6 Å². The fraction of sp³-hybridized carbons (Fsp3) is 0.579. The van der Waals surface area contributed by atoms with E-state index >= 15 is 0 Å². The Hall–Kier alpha value is -1.28. The lowest BCUT2D eigenvalue weighted by molar-refractivity contribution is -0.0470. The maximum absolute atomic E-state index is 12.1. The van der Waals surface area contributed by atoms with Crippen LogP contribution in [0, 0.1) is 5.92 Å². The van der Waals surface area contributed by atoms with Crippen molar-refractivity contribution in [1.29, 1.82) is 0 Å². The van der Waals surface area contributed by atoms with E-state index in [1.165, 1.54) is 4.90 Å². The largest absolute Gasteiger partial charge is 0.358 e. The zero-order valence-corrected chi connectivity index (χ0v) is 16.7. The molecule has 1 aliphatic carbocycles. The van der Waals surface area contributed by atoms with Gasteiger partial charge in [0.25, 0.3) is 0 Å². The molecule has 4 rings (SSSR count). The van der Waals surface area contributed by atoms with Crippen molar-refractivity contribution in [1.82, 2.24) is 5.32 Å². The predicted octanol–water partition coefficient (Wildman–Crippen LogP) is 3.24. The molecule has 1 saturated carbocycles. The molecular formula is C19H25ClN4O2S. The first-order valence-electron chi connectivity index (χ1n) is 9.48. The third-order valence-corrected chi connectivity index (χ3v) is 7.11. The zero-order valence-electron chi connectivity index (χ0n) is 15.1. The lowest BCUT2D eigenvalue weighted by Crippen LogP contribution is -2.50. The molecule has 2 heterocycles. The first-order chi connectivity index (χ1) is 13.1. The van der Waals surface area contributed by atoms with Crippen molar-refractivity contribution in [3.8, 4) is 0 Å². The highest BCUT2D eigenvalue weighted by Gasteiger charge is 2.41. The number of halogens is 1. The van der Waals surface area contributed by atoms with Crippen LogP contribution in [0.25, 0.3) is 0 Å². The van der Waals surface area contributed by atoms with Crippen LogP contribution in [0.2, 0.25) is 5.02 Å². The molecule has 0 spiro atoms. The third kappa shape index (κ3) is 4.26. The molecule has 2 bridgehead atoms. The van der Waals surface area contributed by atoms with Crippen molar-refractivity contribution in [2.45, 2.75) is 49.3 Å². The van der Waals surface area contributed by atoms with Crippen LogP contribution in [0.5, 0.6) is 0 Å². The smallest absolute Gasteiger partial charge is 0.319 e. The number of urea groups is 1. The van der Waals surface area contributed by atoms with Gasteiger partial charge in [-0.3, -0.25) is 15.2 Å². The second-order valence-electron chi connectivity index (χ2n) is 7.40. The second kappa shape index (κ2) is 8.39. The van der Waals surface area contributed by atoms with Gasteiger partial charge in [-0.1, -0.05) is 23.7 Å². The van der Waals surface area contributed by atoms with E-state index in [1.54, 1.807) is 12.1 Å². The van der Waals surface area contributed by atoms with E-state index in [0.29, 0.717) is 34.5 Å². The molecule has 3 aliphatic rings. The highest BCUT2D eigenvalue weighted by Crippen LogP contribution is 2.38. The standard InChI is InChI=1S/C19H25ClN4O2S/c20-14-5-1-2-6-15(14)24(19(21)25)10-18-23-12-4-3-7-16(26-18)13(8-12)17-9-22-11-27-17/h1-2,5-6,11-13,16-18,23H,3-4,7-10H2,(H2,21,25). The molecule has 1 aromatic carbocycles. The number of para-hydroxylation sites is 1. The number of hydrogen-bond acceptors (Lipinski definition) is 5. The van der Waals surface area contributed by atoms with Crippen molar-refractivity contribution in [3.63, 3.8) is 0 Å². The van der Waals surface area contributed by atoms with Gasteiger partial charge in [-0.25, -0.2) is 4.79 Å². The number of primary amides is 1. The zero-order chi connectivity index (χ0) is 18.8. The van der Waals surface area contributed by atoms with E-state index in [1.807, 2.05) is 29.4 Å². The second-order valence-corrected chi connectivity index (χ2v) is 8.90. The number of fused-ring (bicyclic) bond motifs is 3. The number of aliphatic imine (C=N–C) groups is 1. The summed E-state index contributed by atoms with van der Waals surface area (Å²) in [5.41, 5.74) is 8.24. The quantitative estimate of drug-likeness (QED) is 0.801. The number of amides is 2. The lowest BCUT2D eigenvalue weighted by Gasteiger charge is -2.33. The minimum atomic E-state index is -0.529. The van der Waals surface area contributed by atoms with Crippen LogP contribution >= 0.6 is 23.4 Å². The fourth-order valence-electron chi connectivity index (χ4n) is 4.39. The Kier molecular flexibility index (Phi) is 5.92. The molecule has 1 aromatic rings. The number of nitrogens with zero attached hydrogens (tertiary/aromatic N) is 2. The average Bonchev–Trinajstić information content (AvgIpc) is 3.02. The maximum atomic E-state index is 12.1. The minimum Gasteiger partial charge on any atom is -0.358 e. The van der Waals surface area contributed by atoms with E-state index < -0.39 is 6.03 Å². The molecule has 3 N–H and O–H groups in total. The Morgan fingerprint density at radius 3 is 3.00 bits per heavy atom.